The summed E-state index contributed by atoms with van der Waals surface area (Å²) in [5.41, 5.74) is 3.77. The SMILES string of the molecule is C=CCOC12Oc3ccc(OCCN4CC4)cc3C3C(CCCCO)C(CCCCO)C=C(C(=NOCC)CC1N(CCC)C(=O)c1ccc(C#N)cc1)C32. The molecule has 55 heavy (non-hydrogen) atoms. The first-order chi connectivity index (χ1) is 26.9. The third-order valence-electron chi connectivity index (χ3n) is 11.5. The minimum Gasteiger partial charge on any atom is -0.492 e. The number of oxime groups is 1. The second-order valence-electron chi connectivity index (χ2n) is 15.1. The molecular formula is C44H58N4O7. The zero-order valence-corrected chi connectivity index (χ0v) is 32.5. The maximum Gasteiger partial charge on any atom is 0.254 e. The molecule has 0 radical (unpaired) electrons. The third-order valence-corrected chi connectivity index (χ3v) is 11.5. The van der Waals surface area contributed by atoms with Gasteiger partial charge in [-0.1, -0.05) is 37.1 Å². The molecule has 296 valence electrons. The van der Waals surface area contributed by atoms with Crippen molar-refractivity contribution in [1.82, 2.24) is 9.80 Å². The maximum atomic E-state index is 14.7. The number of allylic oxidation sites excluding steroid dienone is 1. The lowest BCUT2D eigenvalue weighted by Crippen LogP contribution is -2.70. The van der Waals surface area contributed by atoms with Crippen molar-refractivity contribution in [2.24, 2.45) is 22.9 Å². The lowest BCUT2D eigenvalue weighted by Gasteiger charge is -2.60. The highest BCUT2D eigenvalue weighted by molar-refractivity contribution is 6.03. The van der Waals surface area contributed by atoms with Gasteiger partial charge in [-0.2, -0.15) is 5.26 Å². The fraction of sp³-hybridized carbons (Fsp3) is 0.568. The van der Waals surface area contributed by atoms with Gasteiger partial charge in [0.25, 0.3) is 5.91 Å². The number of benzene rings is 2. The second kappa shape index (κ2) is 19.1. The van der Waals surface area contributed by atoms with Crippen LogP contribution in [-0.2, 0) is 9.57 Å². The summed E-state index contributed by atoms with van der Waals surface area (Å²) in [4.78, 5) is 24.8. The number of nitrogens with zero attached hydrogens (tertiary/aromatic N) is 4. The normalized spacial score (nSPS) is 25.8. The molecule has 0 bridgehead atoms. The number of rotatable bonds is 21. The number of fused-ring (bicyclic) bond motifs is 2. The van der Waals surface area contributed by atoms with Crippen LogP contribution in [0.2, 0.25) is 0 Å². The van der Waals surface area contributed by atoms with Gasteiger partial charge in [0.15, 0.2) is 0 Å². The van der Waals surface area contributed by atoms with E-state index in [-0.39, 0.29) is 49.4 Å². The van der Waals surface area contributed by atoms with E-state index >= 15 is 0 Å². The van der Waals surface area contributed by atoms with Crippen LogP contribution in [0.1, 0.15) is 92.6 Å². The minimum absolute atomic E-state index is 0.120. The van der Waals surface area contributed by atoms with Gasteiger partial charge in [0.1, 0.15) is 30.8 Å². The molecule has 2 aliphatic carbocycles. The molecule has 2 aromatic carbocycles. The Hall–Kier alpha value is -4.21. The van der Waals surface area contributed by atoms with Crippen molar-refractivity contribution in [1.29, 1.82) is 5.26 Å². The van der Waals surface area contributed by atoms with E-state index in [1.807, 2.05) is 24.0 Å². The van der Waals surface area contributed by atoms with Crippen LogP contribution in [0, 0.1) is 29.1 Å². The number of carbonyl (C=O) groups is 1. The van der Waals surface area contributed by atoms with Gasteiger partial charge in [0.05, 0.1) is 29.9 Å². The van der Waals surface area contributed by atoms with E-state index in [1.165, 1.54) is 0 Å². The van der Waals surface area contributed by atoms with Crippen molar-refractivity contribution >= 4 is 11.6 Å². The van der Waals surface area contributed by atoms with E-state index in [0.29, 0.717) is 62.3 Å². The molecule has 1 saturated heterocycles. The summed E-state index contributed by atoms with van der Waals surface area (Å²) in [6.45, 7) is 12.9. The highest BCUT2D eigenvalue weighted by atomic mass is 16.7. The van der Waals surface area contributed by atoms with E-state index in [0.717, 1.165) is 67.9 Å². The third kappa shape index (κ3) is 8.94. The number of ether oxygens (including phenoxy) is 3. The fourth-order valence-corrected chi connectivity index (χ4v) is 8.96. The molecule has 11 nitrogen and oxygen atoms in total. The van der Waals surface area contributed by atoms with Crippen molar-refractivity contribution in [2.75, 3.05) is 59.2 Å². The van der Waals surface area contributed by atoms with Crippen LogP contribution in [-0.4, -0.2) is 103 Å². The molecule has 2 aromatic rings. The Kier molecular flexibility index (Phi) is 14.0. The summed E-state index contributed by atoms with van der Waals surface area (Å²) >= 11 is 0. The largest absolute Gasteiger partial charge is 0.492 e. The summed E-state index contributed by atoms with van der Waals surface area (Å²) in [6, 6.07) is 14.4. The van der Waals surface area contributed by atoms with Crippen LogP contribution >= 0.6 is 0 Å². The van der Waals surface area contributed by atoms with E-state index in [4.69, 9.17) is 24.2 Å². The number of hydrogen-bond acceptors (Lipinski definition) is 10. The van der Waals surface area contributed by atoms with Crippen molar-refractivity contribution < 1.29 is 34.1 Å². The Morgan fingerprint density at radius 2 is 1.87 bits per heavy atom. The van der Waals surface area contributed by atoms with Gasteiger partial charge in [0.2, 0.25) is 5.79 Å². The first-order valence-corrected chi connectivity index (χ1v) is 20.3. The van der Waals surface area contributed by atoms with E-state index in [9.17, 15) is 20.3 Å². The second-order valence-corrected chi connectivity index (χ2v) is 15.1. The quantitative estimate of drug-likeness (QED) is 0.0637. The van der Waals surface area contributed by atoms with Crippen LogP contribution in [0.15, 0.2) is 71.9 Å². The summed E-state index contributed by atoms with van der Waals surface area (Å²) in [5, 5.41) is 33.9. The first-order valence-electron chi connectivity index (χ1n) is 20.3. The van der Waals surface area contributed by atoms with Crippen LogP contribution in [0.3, 0.4) is 0 Å². The number of unbranched alkanes of at least 4 members (excludes halogenated alkanes) is 2. The molecule has 6 atom stereocenters. The Bertz CT molecular complexity index is 1720. The smallest absolute Gasteiger partial charge is 0.254 e. The van der Waals surface area contributed by atoms with Crippen molar-refractivity contribution in [3.8, 4) is 17.6 Å². The molecule has 6 rings (SSSR count). The average molecular weight is 755 g/mol. The molecule has 4 aliphatic rings. The monoisotopic (exact) mass is 754 g/mol. The summed E-state index contributed by atoms with van der Waals surface area (Å²) < 4.78 is 20.7. The van der Waals surface area contributed by atoms with Crippen LogP contribution in [0.5, 0.6) is 11.5 Å². The molecule has 1 saturated carbocycles. The summed E-state index contributed by atoms with van der Waals surface area (Å²) in [6.07, 6.45) is 9.96. The zero-order valence-electron chi connectivity index (χ0n) is 32.5. The van der Waals surface area contributed by atoms with Gasteiger partial charge < -0.3 is 34.2 Å². The molecular weight excluding hydrogens is 697 g/mol. The lowest BCUT2D eigenvalue weighted by molar-refractivity contribution is -0.254. The molecule has 2 aliphatic heterocycles. The van der Waals surface area contributed by atoms with Crippen molar-refractivity contribution in [3.05, 3.63) is 83.5 Å². The average Bonchev–Trinajstić information content (AvgIpc) is 4.04. The predicted octanol–water partition coefficient (Wildman–Crippen LogP) is 6.46. The van der Waals surface area contributed by atoms with Crippen LogP contribution in [0.4, 0.5) is 0 Å². The van der Waals surface area contributed by atoms with Gasteiger partial charge in [-0.15, -0.1) is 6.58 Å². The Labute approximate surface area is 326 Å². The van der Waals surface area contributed by atoms with Gasteiger partial charge in [-0.05, 0) is 98.9 Å². The number of carbonyl (C=O) groups excluding carboxylic acids is 1. The number of nitriles is 1. The Morgan fingerprint density at radius 1 is 1.11 bits per heavy atom. The van der Waals surface area contributed by atoms with Gasteiger partial charge in [-0.25, -0.2) is 0 Å². The van der Waals surface area contributed by atoms with Crippen LogP contribution in [0.25, 0.3) is 0 Å². The van der Waals surface area contributed by atoms with Crippen LogP contribution < -0.4 is 9.47 Å². The highest BCUT2D eigenvalue weighted by Gasteiger charge is 2.65. The first kappa shape index (κ1) is 40.5. The molecule has 2 N–H and O–H groups in total. The van der Waals surface area contributed by atoms with Gasteiger partial charge >= 0.3 is 0 Å². The van der Waals surface area contributed by atoms with E-state index in [1.54, 1.807) is 30.3 Å². The highest BCUT2D eigenvalue weighted by Crippen LogP contribution is 2.62. The molecule has 11 heteroatoms. The maximum absolute atomic E-state index is 14.7. The molecule has 0 spiro atoms. The van der Waals surface area contributed by atoms with Gasteiger partial charge in [0, 0.05) is 62.9 Å². The molecule has 2 fully saturated rings. The fourth-order valence-electron chi connectivity index (χ4n) is 8.96. The summed E-state index contributed by atoms with van der Waals surface area (Å²) in [5.74, 6) is -0.257. The van der Waals surface area contributed by atoms with E-state index in [2.05, 4.69) is 36.6 Å². The van der Waals surface area contributed by atoms with Crippen molar-refractivity contribution in [3.63, 3.8) is 0 Å². The Balaban J connectivity index is 1.55. The van der Waals surface area contributed by atoms with Crippen molar-refractivity contribution in [2.45, 2.75) is 83.0 Å². The minimum atomic E-state index is -1.33. The van der Waals surface area contributed by atoms with Gasteiger partial charge in [-0.3, -0.25) is 9.69 Å². The molecule has 1 amide bonds. The standard InChI is InChI=1S/C44H58N4O7/c1-4-19-48(43(51)32-15-13-31(30-45)14-16-32)40-29-38(46-54-6-3)36-27-33(11-7-9-23-49)35(12-8-10-24-50)41-37-28-34(52-26-22-47-20-21-47)17-18-39(37)55-44(40,42(36)41)53-25-5-2/h5,13-18,27-28,33,35,40-42,49-50H,2,4,6-12,19-26,29H2,1,3H3. The number of aliphatic hydroxyl groups excluding tert-OH is 2. The summed E-state index contributed by atoms with van der Waals surface area (Å²) in [7, 11) is 0. The van der Waals surface area contributed by atoms with E-state index < -0.39 is 11.8 Å². The molecule has 2 heterocycles. The number of hydrogen-bond donors (Lipinski definition) is 2. The molecule has 0 aromatic heterocycles. The topological polar surface area (TPSA) is 137 Å². The predicted molar refractivity (Wildman–Crippen MR) is 211 cm³/mol. The molecule has 6 unspecified atom stereocenters. The number of amides is 1. The Morgan fingerprint density at radius 3 is 2.55 bits per heavy atom. The lowest BCUT2D eigenvalue weighted by atomic mass is 9.55. The number of aliphatic hydroxyl groups is 2. The zero-order chi connectivity index (χ0) is 38.8.